The van der Waals surface area contributed by atoms with Crippen molar-refractivity contribution in [2.45, 2.75) is 28.6 Å². The molecule has 0 bridgehead atoms. The van der Waals surface area contributed by atoms with Crippen LogP contribution in [0.3, 0.4) is 0 Å². The number of nitrogens with zero attached hydrogens (tertiary/aromatic N) is 5. The van der Waals surface area contributed by atoms with E-state index in [1.54, 1.807) is 0 Å². The quantitative estimate of drug-likeness (QED) is 0.698. The minimum Gasteiger partial charge on any atom is -0.477 e. The lowest BCUT2D eigenvalue weighted by atomic mass is 10.1. The molecule has 3 aromatic rings. The van der Waals surface area contributed by atoms with Crippen LogP contribution in [0.1, 0.15) is 33.9 Å². The number of alkyl halides is 3. The van der Waals surface area contributed by atoms with E-state index in [2.05, 4.69) is 20.5 Å². The standard InChI is InChI=1S/C14H10F3N5O2S2/c1-7(8-5-3-2-4-6-8)22-12(19-20-21-22)26-13-18-10(14(15,16)17)9(25-13)11(23)24/h2-7H,1H3,(H,23,24). The fourth-order valence-electron chi connectivity index (χ4n) is 2.13. The summed E-state index contributed by atoms with van der Waals surface area (Å²) in [6.45, 7) is 1.83. The number of aromatic nitrogens is 5. The maximum Gasteiger partial charge on any atom is 0.435 e. The van der Waals surface area contributed by atoms with Gasteiger partial charge in [0.25, 0.3) is 0 Å². The maximum atomic E-state index is 13.0. The number of aromatic carboxylic acids is 1. The van der Waals surface area contributed by atoms with Crippen molar-refractivity contribution in [3.05, 3.63) is 46.5 Å². The third-order valence-corrected chi connectivity index (χ3v) is 5.42. The number of hydrogen-bond donors (Lipinski definition) is 1. The van der Waals surface area contributed by atoms with Gasteiger partial charge in [-0.1, -0.05) is 41.7 Å². The molecule has 2 heterocycles. The molecule has 7 nitrogen and oxygen atoms in total. The van der Waals surface area contributed by atoms with Crippen LogP contribution in [0.2, 0.25) is 0 Å². The molecule has 12 heteroatoms. The molecule has 0 aliphatic rings. The van der Waals surface area contributed by atoms with Gasteiger partial charge < -0.3 is 5.11 Å². The van der Waals surface area contributed by atoms with Crippen LogP contribution >= 0.6 is 23.1 Å². The van der Waals surface area contributed by atoms with E-state index >= 15 is 0 Å². The van der Waals surface area contributed by atoms with E-state index in [0.717, 1.165) is 17.3 Å². The van der Waals surface area contributed by atoms with Gasteiger partial charge in [-0.3, -0.25) is 0 Å². The van der Waals surface area contributed by atoms with Crippen LogP contribution in [-0.4, -0.2) is 36.3 Å². The lowest BCUT2D eigenvalue weighted by Crippen LogP contribution is -2.11. The molecule has 0 saturated carbocycles. The molecule has 0 radical (unpaired) electrons. The average molecular weight is 401 g/mol. The molecule has 0 aliphatic carbocycles. The highest BCUT2D eigenvalue weighted by atomic mass is 32.2. The Morgan fingerprint density at radius 2 is 2.00 bits per heavy atom. The third-order valence-electron chi connectivity index (χ3n) is 3.36. The summed E-state index contributed by atoms with van der Waals surface area (Å²) in [6.07, 6.45) is -4.85. The molecule has 0 amide bonds. The summed E-state index contributed by atoms with van der Waals surface area (Å²) in [7, 11) is 0. The number of carbonyl (C=O) groups is 1. The first-order valence-electron chi connectivity index (χ1n) is 7.09. The largest absolute Gasteiger partial charge is 0.477 e. The molecule has 0 spiro atoms. The van der Waals surface area contributed by atoms with Crippen molar-refractivity contribution < 1.29 is 23.1 Å². The minimum atomic E-state index is -4.85. The van der Waals surface area contributed by atoms with E-state index in [1.807, 2.05) is 37.3 Å². The Bertz CT molecular complexity index is 926. The topological polar surface area (TPSA) is 93.8 Å². The molecule has 1 N–H and O–H groups in total. The summed E-state index contributed by atoms with van der Waals surface area (Å²) < 4.78 is 40.2. The Morgan fingerprint density at radius 1 is 1.31 bits per heavy atom. The zero-order valence-electron chi connectivity index (χ0n) is 13.0. The summed E-state index contributed by atoms with van der Waals surface area (Å²) >= 11 is 1.22. The number of carboxylic acid groups (broad SMARTS) is 1. The van der Waals surface area contributed by atoms with Crippen LogP contribution in [0.5, 0.6) is 0 Å². The Labute approximate surface area is 152 Å². The number of carboxylic acids is 1. The molecule has 26 heavy (non-hydrogen) atoms. The maximum absolute atomic E-state index is 13.0. The van der Waals surface area contributed by atoms with Gasteiger partial charge in [0.05, 0.1) is 6.04 Å². The highest BCUT2D eigenvalue weighted by Gasteiger charge is 2.40. The normalized spacial score (nSPS) is 12.9. The highest BCUT2D eigenvalue weighted by molar-refractivity contribution is 8.00. The lowest BCUT2D eigenvalue weighted by molar-refractivity contribution is -0.141. The van der Waals surface area contributed by atoms with Crippen molar-refractivity contribution in [1.29, 1.82) is 0 Å². The van der Waals surface area contributed by atoms with Gasteiger partial charge in [-0.25, -0.2) is 14.5 Å². The Kier molecular flexibility index (Phi) is 4.96. The molecule has 0 fully saturated rings. The van der Waals surface area contributed by atoms with E-state index in [0.29, 0.717) is 11.3 Å². The molecule has 0 aliphatic heterocycles. The number of tetrazole rings is 1. The van der Waals surface area contributed by atoms with Gasteiger partial charge in [0.15, 0.2) is 10.0 Å². The molecule has 0 saturated heterocycles. The van der Waals surface area contributed by atoms with E-state index in [9.17, 15) is 18.0 Å². The van der Waals surface area contributed by atoms with Crippen LogP contribution < -0.4 is 0 Å². The summed E-state index contributed by atoms with van der Waals surface area (Å²) in [5, 5.41) is 20.4. The fourth-order valence-corrected chi connectivity index (χ4v) is 4.08. The molecular formula is C14H10F3N5O2S2. The second kappa shape index (κ2) is 7.03. The number of hydrogen-bond acceptors (Lipinski definition) is 7. The molecule has 1 aromatic carbocycles. The number of halogens is 3. The third kappa shape index (κ3) is 3.70. The van der Waals surface area contributed by atoms with Gasteiger partial charge in [0.1, 0.15) is 4.88 Å². The first kappa shape index (κ1) is 18.3. The van der Waals surface area contributed by atoms with Crippen LogP contribution in [0, 0.1) is 0 Å². The van der Waals surface area contributed by atoms with Crippen molar-refractivity contribution in [3.8, 4) is 0 Å². The van der Waals surface area contributed by atoms with E-state index in [1.165, 1.54) is 4.68 Å². The van der Waals surface area contributed by atoms with Crippen LogP contribution in [-0.2, 0) is 6.18 Å². The number of benzene rings is 1. The predicted molar refractivity (Wildman–Crippen MR) is 86.3 cm³/mol. The van der Waals surface area contributed by atoms with Gasteiger partial charge in [-0.15, -0.1) is 5.10 Å². The lowest BCUT2D eigenvalue weighted by Gasteiger charge is -2.12. The summed E-state index contributed by atoms with van der Waals surface area (Å²) in [4.78, 5) is 13.6. The van der Waals surface area contributed by atoms with Crippen molar-refractivity contribution in [1.82, 2.24) is 25.2 Å². The minimum absolute atomic E-state index is 0.106. The Hall–Kier alpha value is -2.47. The van der Waals surface area contributed by atoms with Gasteiger partial charge in [0, 0.05) is 0 Å². The summed E-state index contributed by atoms with van der Waals surface area (Å²) in [5.74, 6) is -1.68. The van der Waals surface area contributed by atoms with E-state index < -0.39 is 22.7 Å². The average Bonchev–Trinajstić information content (AvgIpc) is 3.22. The molecular weight excluding hydrogens is 391 g/mol. The van der Waals surface area contributed by atoms with Gasteiger partial charge in [-0.05, 0) is 34.7 Å². The van der Waals surface area contributed by atoms with Crippen LogP contribution in [0.15, 0.2) is 39.8 Å². The first-order valence-corrected chi connectivity index (χ1v) is 8.72. The van der Waals surface area contributed by atoms with Crippen molar-refractivity contribution in [2.75, 3.05) is 0 Å². The molecule has 1 atom stereocenters. The molecule has 136 valence electrons. The SMILES string of the molecule is CC(c1ccccc1)n1nnnc1Sc1nc(C(F)(F)F)c(C(=O)O)s1. The zero-order chi connectivity index (χ0) is 18.9. The van der Waals surface area contributed by atoms with E-state index in [4.69, 9.17) is 5.11 Å². The van der Waals surface area contributed by atoms with Gasteiger partial charge in [-0.2, -0.15) is 13.2 Å². The van der Waals surface area contributed by atoms with E-state index in [-0.39, 0.29) is 15.5 Å². The number of thiazole rings is 1. The monoisotopic (exact) mass is 401 g/mol. The first-order chi connectivity index (χ1) is 12.3. The fraction of sp³-hybridized carbons (Fsp3) is 0.214. The Balaban J connectivity index is 1.92. The predicted octanol–water partition coefficient (Wildman–Crippen LogP) is 3.61. The zero-order valence-corrected chi connectivity index (χ0v) is 14.6. The smallest absolute Gasteiger partial charge is 0.435 e. The van der Waals surface area contributed by atoms with Gasteiger partial charge >= 0.3 is 12.1 Å². The van der Waals surface area contributed by atoms with Crippen LogP contribution in [0.25, 0.3) is 0 Å². The molecule has 1 unspecified atom stereocenters. The second-order valence-corrected chi connectivity index (χ2v) is 7.27. The van der Waals surface area contributed by atoms with Crippen molar-refractivity contribution in [2.24, 2.45) is 0 Å². The van der Waals surface area contributed by atoms with Crippen LogP contribution in [0.4, 0.5) is 13.2 Å². The van der Waals surface area contributed by atoms with Crippen molar-refractivity contribution in [3.63, 3.8) is 0 Å². The molecule has 2 aromatic heterocycles. The van der Waals surface area contributed by atoms with Gasteiger partial charge in [0.2, 0.25) is 5.16 Å². The van der Waals surface area contributed by atoms with Crippen molar-refractivity contribution >= 4 is 29.1 Å². The highest BCUT2D eigenvalue weighted by Crippen LogP contribution is 2.39. The summed E-state index contributed by atoms with van der Waals surface area (Å²) in [5.41, 5.74) is -0.518. The second-order valence-electron chi connectivity index (χ2n) is 5.06. The number of rotatable bonds is 5. The Morgan fingerprint density at radius 3 is 2.58 bits per heavy atom. The molecule has 3 rings (SSSR count). The summed E-state index contributed by atoms with van der Waals surface area (Å²) in [6, 6.07) is 9.02.